The van der Waals surface area contributed by atoms with Gasteiger partial charge in [0.25, 0.3) is 5.91 Å². The Hall–Kier alpha value is -2.61. The highest BCUT2D eigenvalue weighted by Crippen LogP contribution is 2.19. The number of aliphatic hydroxyl groups excluding tert-OH is 1. The van der Waals surface area contributed by atoms with Crippen molar-refractivity contribution >= 4 is 17.9 Å². The van der Waals surface area contributed by atoms with E-state index in [0.717, 1.165) is 18.4 Å². The number of aliphatic hydroxyl groups is 1. The van der Waals surface area contributed by atoms with Crippen LogP contribution in [0.5, 0.6) is 0 Å². The lowest BCUT2D eigenvalue weighted by Crippen LogP contribution is -2.58. The van der Waals surface area contributed by atoms with Crippen molar-refractivity contribution in [3.8, 4) is 0 Å². The standard InChI is InChI=1S/C23H35N3O5/c1-14(2)18(26-22(30)31-23(3,4)5)20(28)25-17(13-15-9-7-6-8-10-15)19(27)21(29)24-16-11-12-16/h6-10,14,16-19,27H,11-13H2,1-5H3,(H,24,29)(H,25,28)(H,26,30)/t17?,18-,19?/m0/s1. The van der Waals surface area contributed by atoms with Gasteiger partial charge < -0.3 is 25.8 Å². The second-order valence-electron chi connectivity index (χ2n) is 9.40. The van der Waals surface area contributed by atoms with E-state index < -0.39 is 41.7 Å². The van der Waals surface area contributed by atoms with Crippen LogP contribution in [0.1, 0.15) is 53.0 Å². The Morgan fingerprint density at radius 2 is 1.68 bits per heavy atom. The Morgan fingerprint density at radius 1 is 1.06 bits per heavy atom. The second kappa shape index (κ2) is 10.6. The predicted octanol–water partition coefficient (Wildman–Crippen LogP) is 1.90. The molecule has 1 aliphatic rings. The number of hydrogen-bond acceptors (Lipinski definition) is 5. The molecule has 0 saturated heterocycles. The molecule has 1 aromatic rings. The Bertz CT molecular complexity index is 756. The molecule has 0 aliphatic heterocycles. The van der Waals surface area contributed by atoms with Gasteiger partial charge in [-0.3, -0.25) is 9.59 Å². The van der Waals surface area contributed by atoms with Gasteiger partial charge in [0.05, 0.1) is 6.04 Å². The third kappa shape index (κ3) is 8.57. The normalized spacial score (nSPS) is 16.7. The van der Waals surface area contributed by atoms with Crippen LogP contribution >= 0.6 is 0 Å². The lowest BCUT2D eigenvalue weighted by Gasteiger charge is -2.29. The molecule has 1 aliphatic carbocycles. The van der Waals surface area contributed by atoms with Crippen LogP contribution in [0.15, 0.2) is 30.3 Å². The average Bonchev–Trinajstić information content (AvgIpc) is 3.48. The first kappa shape index (κ1) is 24.7. The summed E-state index contributed by atoms with van der Waals surface area (Å²) >= 11 is 0. The van der Waals surface area contributed by atoms with Crippen molar-refractivity contribution in [2.75, 3.05) is 0 Å². The number of ether oxygens (including phenoxy) is 1. The Balaban J connectivity index is 2.12. The molecule has 1 aromatic carbocycles. The molecule has 0 spiro atoms. The topological polar surface area (TPSA) is 117 Å². The predicted molar refractivity (Wildman–Crippen MR) is 117 cm³/mol. The fraction of sp³-hybridized carbons (Fsp3) is 0.609. The van der Waals surface area contributed by atoms with Crippen LogP contribution in [-0.2, 0) is 20.7 Å². The summed E-state index contributed by atoms with van der Waals surface area (Å²) in [5, 5.41) is 18.8. The van der Waals surface area contributed by atoms with Gasteiger partial charge in [-0.1, -0.05) is 44.2 Å². The first-order valence-corrected chi connectivity index (χ1v) is 10.8. The van der Waals surface area contributed by atoms with E-state index in [9.17, 15) is 19.5 Å². The first-order valence-electron chi connectivity index (χ1n) is 10.8. The van der Waals surface area contributed by atoms with Crippen LogP contribution in [0.3, 0.4) is 0 Å². The highest BCUT2D eigenvalue weighted by atomic mass is 16.6. The van der Waals surface area contributed by atoms with E-state index in [0.29, 0.717) is 0 Å². The summed E-state index contributed by atoms with van der Waals surface area (Å²) in [5.41, 5.74) is 0.168. The van der Waals surface area contributed by atoms with Gasteiger partial charge >= 0.3 is 6.09 Å². The largest absolute Gasteiger partial charge is 0.444 e. The maximum atomic E-state index is 13.0. The molecule has 172 valence electrons. The number of nitrogens with one attached hydrogen (secondary N) is 3. The van der Waals surface area contributed by atoms with Gasteiger partial charge in [0.15, 0.2) is 6.10 Å². The smallest absolute Gasteiger partial charge is 0.408 e. The Labute approximate surface area is 184 Å². The molecule has 0 bridgehead atoms. The van der Waals surface area contributed by atoms with E-state index in [1.165, 1.54) is 0 Å². The monoisotopic (exact) mass is 433 g/mol. The van der Waals surface area contributed by atoms with Crippen molar-refractivity contribution in [3.05, 3.63) is 35.9 Å². The van der Waals surface area contributed by atoms with Crippen molar-refractivity contribution in [2.45, 2.75) is 83.7 Å². The number of alkyl carbamates (subject to hydrolysis) is 1. The van der Waals surface area contributed by atoms with Gasteiger partial charge in [-0.05, 0) is 51.5 Å². The van der Waals surface area contributed by atoms with Gasteiger partial charge in [-0.2, -0.15) is 0 Å². The zero-order valence-electron chi connectivity index (χ0n) is 19.0. The van der Waals surface area contributed by atoms with Gasteiger partial charge in [0.2, 0.25) is 5.91 Å². The minimum atomic E-state index is -1.42. The van der Waals surface area contributed by atoms with E-state index >= 15 is 0 Å². The zero-order valence-corrected chi connectivity index (χ0v) is 19.0. The lowest BCUT2D eigenvalue weighted by atomic mass is 9.98. The van der Waals surface area contributed by atoms with E-state index in [2.05, 4.69) is 16.0 Å². The number of carbonyl (C=O) groups is 3. The quantitative estimate of drug-likeness (QED) is 0.475. The SMILES string of the molecule is CC(C)[C@H](NC(=O)OC(C)(C)C)C(=O)NC(Cc1ccccc1)C(O)C(=O)NC1CC1. The van der Waals surface area contributed by atoms with Crippen LogP contribution in [0, 0.1) is 5.92 Å². The lowest BCUT2D eigenvalue weighted by molar-refractivity contribution is -0.133. The molecular formula is C23H35N3O5. The fourth-order valence-corrected chi connectivity index (χ4v) is 3.05. The van der Waals surface area contributed by atoms with Crippen LogP contribution in [0.4, 0.5) is 4.79 Å². The van der Waals surface area contributed by atoms with Crippen molar-refractivity contribution in [1.29, 1.82) is 0 Å². The number of benzene rings is 1. The van der Waals surface area contributed by atoms with Crippen LogP contribution in [0.25, 0.3) is 0 Å². The molecular weight excluding hydrogens is 398 g/mol. The molecule has 1 saturated carbocycles. The summed E-state index contributed by atoms with van der Waals surface area (Å²) in [6.45, 7) is 8.80. The summed E-state index contributed by atoms with van der Waals surface area (Å²) < 4.78 is 5.26. The molecule has 0 aromatic heterocycles. The molecule has 2 rings (SSSR count). The van der Waals surface area contributed by atoms with Gasteiger partial charge in [0, 0.05) is 6.04 Å². The molecule has 3 amide bonds. The zero-order chi connectivity index (χ0) is 23.2. The van der Waals surface area contributed by atoms with E-state index in [4.69, 9.17) is 4.74 Å². The average molecular weight is 434 g/mol. The van der Waals surface area contributed by atoms with Crippen molar-refractivity contribution in [3.63, 3.8) is 0 Å². The molecule has 3 atom stereocenters. The number of hydrogen-bond donors (Lipinski definition) is 4. The molecule has 4 N–H and O–H groups in total. The summed E-state index contributed by atoms with van der Waals surface area (Å²) in [6, 6.07) is 7.66. The molecule has 8 heteroatoms. The van der Waals surface area contributed by atoms with Gasteiger partial charge in [0.1, 0.15) is 11.6 Å². The van der Waals surface area contributed by atoms with Crippen molar-refractivity contribution in [1.82, 2.24) is 16.0 Å². The first-order chi connectivity index (χ1) is 14.5. The third-order valence-electron chi connectivity index (χ3n) is 4.82. The second-order valence-corrected chi connectivity index (χ2v) is 9.40. The van der Waals surface area contributed by atoms with E-state index in [-0.39, 0.29) is 18.4 Å². The molecule has 8 nitrogen and oxygen atoms in total. The Kier molecular flexibility index (Phi) is 8.44. The van der Waals surface area contributed by atoms with Crippen LogP contribution in [0.2, 0.25) is 0 Å². The summed E-state index contributed by atoms with van der Waals surface area (Å²) in [5.74, 6) is -1.23. The summed E-state index contributed by atoms with van der Waals surface area (Å²) in [7, 11) is 0. The van der Waals surface area contributed by atoms with Crippen molar-refractivity contribution in [2.24, 2.45) is 5.92 Å². The molecule has 31 heavy (non-hydrogen) atoms. The number of rotatable bonds is 9. The van der Waals surface area contributed by atoms with Gasteiger partial charge in [-0.25, -0.2) is 4.79 Å². The minimum absolute atomic E-state index is 0.0903. The highest BCUT2D eigenvalue weighted by molar-refractivity contribution is 5.88. The summed E-state index contributed by atoms with van der Waals surface area (Å²) in [4.78, 5) is 37.7. The molecule has 0 radical (unpaired) electrons. The van der Waals surface area contributed by atoms with E-state index in [1.54, 1.807) is 34.6 Å². The highest BCUT2D eigenvalue weighted by Gasteiger charge is 2.34. The fourth-order valence-electron chi connectivity index (χ4n) is 3.05. The maximum absolute atomic E-state index is 13.0. The summed E-state index contributed by atoms with van der Waals surface area (Å²) in [6.07, 6.45) is -0.0670. The molecule has 0 heterocycles. The maximum Gasteiger partial charge on any atom is 0.408 e. The Morgan fingerprint density at radius 3 is 2.19 bits per heavy atom. The van der Waals surface area contributed by atoms with Crippen molar-refractivity contribution < 1.29 is 24.2 Å². The molecule has 2 unspecified atom stereocenters. The third-order valence-corrected chi connectivity index (χ3v) is 4.82. The van der Waals surface area contributed by atoms with Gasteiger partial charge in [-0.15, -0.1) is 0 Å². The minimum Gasteiger partial charge on any atom is -0.444 e. The molecule has 1 fully saturated rings. The number of carbonyl (C=O) groups excluding carboxylic acids is 3. The van der Waals surface area contributed by atoms with E-state index in [1.807, 2.05) is 30.3 Å². The van der Waals surface area contributed by atoms with Crippen LogP contribution < -0.4 is 16.0 Å². The number of amides is 3. The van der Waals surface area contributed by atoms with Crippen LogP contribution in [-0.4, -0.2) is 52.8 Å².